The summed E-state index contributed by atoms with van der Waals surface area (Å²) < 4.78 is 0. The van der Waals surface area contributed by atoms with Crippen LogP contribution in [0.15, 0.2) is 0 Å². The summed E-state index contributed by atoms with van der Waals surface area (Å²) in [5.74, 6) is -1.81. The normalized spacial score (nSPS) is 10.2. The summed E-state index contributed by atoms with van der Waals surface area (Å²) in [6.07, 6.45) is 28.1. The van der Waals surface area contributed by atoms with Crippen molar-refractivity contribution in [1.29, 1.82) is 0 Å². The van der Waals surface area contributed by atoms with E-state index in [1.54, 1.807) is 0 Å². The molecule has 0 saturated carbocycles. The van der Waals surface area contributed by atoms with Gasteiger partial charge in [-0.1, -0.05) is 142 Å². The maximum Gasteiger partial charge on any atom is 2.00 e. The van der Waals surface area contributed by atoms with Crippen LogP contribution in [0.3, 0.4) is 0 Å². The van der Waals surface area contributed by atoms with Crippen LogP contribution in [0.2, 0.25) is 0 Å². The second-order valence-electron chi connectivity index (χ2n) is 9.32. The molecule has 33 heavy (non-hydrogen) atoms. The van der Waals surface area contributed by atoms with Crippen LogP contribution in [-0.4, -0.2) is 11.9 Å². The number of carbonyl (C=O) groups is 2. The van der Waals surface area contributed by atoms with Crippen molar-refractivity contribution in [1.82, 2.24) is 0 Å². The number of unbranched alkanes of at least 4 members (excludes halogenated alkanes) is 20. The quantitative estimate of drug-likeness (QED) is 0.104. The third-order valence-electron chi connectivity index (χ3n) is 5.97. The molecule has 0 aromatic carbocycles. The number of aliphatic carboxylic acids is 2. The first-order valence-corrected chi connectivity index (χ1v) is 13.9. The standard InChI is InChI=1S/2C14H28O2.Ni/c2*1-2-3-4-5-6-7-8-9-10-11-12-13-14(15)16;/h2*2-13H2,1H3,(H,15,16);/q;;+2/p-2. The van der Waals surface area contributed by atoms with Gasteiger partial charge in [-0.15, -0.1) is 0 Å². The van der Waals surface area contributed by atoms with Crippen molar-refractivity contribution in [3.8, 4) is 0 Å². The molecule has 0 bridgehead atoms. The summed E-state index contributed by atoms with van der Waals surface area (Å²) in [7, 11) is 0. The number of carbonyl (C=O) groups excluding carboxylic acids is 2. The minimum absolute atomic E-state index is 0. The second-order valence-corrected chi connectivity index (χ2v) is 9.32. The van der Waals surface area contributed by atoms with Gasteiger partial charge in [0.25, 0.3) is 0 Å². The number of carboxylic acids is 2. The molecule has 0 radical (unpaired) electrons. The molecule has 0 saturated heterocycles. The predicted octanol–water partition coefficient (Wildman–Crippen LogP) is 6.87. The van der Waals surface area contributed by atoms with Crippen molar-refractivity contribution in [2.45, 2.75) is 168 Å². The monoisotopic (exact) mass is 512 g/mol. The third-order valence-corrected chi connectivity index (χ3v) is 5.97. The summed E-state index contributed by atoms with van der Waals surface area (Å²) in [6.45, 7) is 4.49. The molecule has 0 aliphatic heterocycles. The van der Waals surface area contributed by atoms with Crippen molar-refractivity contribution in [2.24, 2.45) is 0 Å². The molecule has 200 valence electrons. The minimum Gasteiger partial charge on any atom is -0.550 e. The molecule has 0 N–H and O–H groups in total. The van der Waals surface area contributed by atoms with Gasteiger partial charge in [0.2, 0.25) is 0 Å². The van der Waals surface area contributed by atoms with Gasteiger partial charge in [0.1, 0.15) is 0 Å². The predicted molar refractivity (Wildman–Crippen MR) is 132 cm³/mol. The average Bonchev–Trinajstić information content (AvgIpc) is 2.76. The van der Waals surface area contributed by atoms with Crippen LogP contribution in [0.25, 0.3) is 0 Å². The van der Waals surface area contributed by atoms with Gasteiger partial charge >= 0.3 is 16.5 Å². The zero-order valence-corrected chi connectivity index (χ0v) is 22.9. The van der Waals surface area contributed by atoms with Crippen molar-refractivity contribution in [3.63, 3.8) is 0 Å². The molecule has 0 spiro atoms. The van der Waals surface area contributed by atoms with Crippen LogP contribution in [0.1, 0.15) is 168 Å². The van der Waals surface area contributed by atoms with Crippen molar-refractivity contribution in [2.75, 3.05) is 0 Å². The molecular formula is C28H54NiO4. The first-order valence-electron chi connectivity index (χ1n) is 13.9. The van der Waals surface area contributed by atoms with E-state index in [9.17, 15) is 19.8 Å². The summed E-state index contributed by atoms with van der Waals surface area (Å²) in [5.41, 5.74) is 0. The molecule has 4 nitrogen and oxygen atoms in total. The van der Waals surface area contributed by atoms with E-state index in [0.29, 0.717) is 0 Å². The Morgan fingerprint density at radius 3 is 0.758 bits per heavy atom. The molecule has 0 rings (SSSR count). The maximum absolute atomic E-state index is 10.1. The summed E-state index contributed by atoms with van der Waals surface area (Å²) in [5, 5.41) is 20.3. The van der Waals surface area contributed by atoms with Crippen LogP contribution in [-0.2, 0) is 26.1 Å². The van der Waals surface area contributed by atoms with E-state index < -0.39 is 11.9 Å². The molecule has 0 aliphatic carbocycles. The number of hydrogen-bond acceptors (Lipinski definition) is 4. The number of hydrogen-bond donors (Lipinski definition) is 0. The number of rotatable bonds is 24. The Labute approximate surface area is 216 Å². The Hall–Kier alpha value is -0.566. The number of carboxylic acid groups (broad SMARTS) is 2. The fourth-order valence-electron chi connectivity index (χ4n) is 3.87. The van der Waals surface area contributed by atoms with E-state index in [1.165, 1.54) is 116 Å². The first-order chi connectivity index (χ1) is 15.5. The third kappa shape index (κ3) is 42.1. The van der Waals surface area contributed by atoms with Crippen LogP contribution in [0.5, 0.6) is 0 Å². The van der Waals surface area contributed by atoms with Crippen LogP contribution in [0.4, 0.5) is 0 Å². The van der Waals surface area contributed by atoms with E-state index in [1.807, 2.05) is 0 Å². The Morgan fingerprint density at radius 2 is 0.576 bits per heavy atom. The molecule has 0 atom stereocenters. The Bertz CT molecular complexity index is 352. The van der Waals surface area contributed by atoms with E-state index in [4.69, 9.17) is 0 Å². The Morgan fingerprint density at radius 1 is 0.394 bits per heavy atom. The van der Waals surface area contributed by atoms with Crippen LogP contribution < -0.4 is 10.2 Å². The van der Waals surface area contributed by atoms with Gasteiger partial charge in [0.15, 0.2) is 0 Å². The summed E-state index contributed by atoms with van der Waals surface area (Å²) >= 11 is 0. The van der Waals surface area contributed by atoms with E-state index >= 15 is 0 Å². The molecule has 0 amide bonds. The van der Waals surface area contributed by atoms with Gasteiger partial charge in [-0.05, 0) is 25.7 Å². The Balaban J connectivity index is -0.000000529. The van der Waals surface area contributed by atoms with Crippen molar-refractivity contribution in [3.05, 3.63) is 0 Å². The smallest absolute Gasteiger partial charge is 0.550 e. The van der Waals surface area contributed by atoms with Gasteiger partial charge in [0, 0.05) is 11.9 Å². The molecule has 0 aliphatic rings. The van der Waals surface area contributed by atoms with Crippen LogP contribution in [0, 0.1) is 0 Å². The molecule has 0 unspecified atom stereocenters. The van der Waals surface area contributed by atoms with Crippen molar-refractivity contribution >= 4 is 11.9 Å². The van der Waals surface area contributed by atoms with E-state index in [0.717, 1.165) is 25.7 Å². The van der Waals surface area contributed by atoms with Crippen molar-refractivity contribution < 1.29 is 36.3 Å². The first kappa shape index (κ1) is 37.0. The molecular weight excluding hydrogens is 459 g/mol. The van der Waals surface area contributed by atoms with Gasteiger partial charge in [-0.25, -0.2) is 0 Å². The molecule has 0 aromatic rings. The SMILES string of the molecule is CCCCCCCCCCCCCC(=O)[O-].CCCCCCCCCCCCCC(=O)[O-].[Ni+2]. The van der Waals surface area contributed by atoms with Gasteiger partial charge < -0.3 is 19.8 Å². The fraction of sp³-hybridized carbons (Fsp3) is 0.929. The topological polar surface area (TPSA) is 80.3 Å². The fourth-order valence-corrected chi connectivity index (χ4v) is 3.87. The van der Waals surface area contributed by atoms with Crippen LogP contribution >= 0.6 is 0 Å². The second kappa shape index (κ2) is 33.6. The zero-order valence-electron chi connectivity index (χ0n) is 21.9. The maximum atomic E-state index is 10.1. The molecule has 0 fully saturated rings. The summed E-state index contributed by atoms with van der Waals surface area (Å²) in [6, 6.07) is 0. The molecule has 0 aromatic heterocycles. The minimum atomic E-state index is -0.907. The average molecular weight is 513 g/mol. The van der Waals surface area contributed by atoms with E-state index in [-0.39, 0.29) is 29.3 Å². The van der Waals surface area contributed by atoms with E-state index in [2.05, 4.69) is 13.8 Å². The Kier molecular flexibility index (Phi) is 37.7. The van der Waals surface area contributed by atoms with Gasteiger partial charge in [0.05, 0.1) is 0 Å². The summed E-state index contributed by atoms with van der Waals surface area (Å²) in [4.78, 5) is 20.3. The van der Waals surface area contributed by atoms with Gasteiger partial charge in [-0.3, -0.25) is 0 Å². The largest absolute Gasteiger partial charge is 2.00 e. The zero-order chi connectivity index (χ0) is 24.1. The van der Waals surface area contributed by atoms with Gasteiger partial charge in [-0.2, -0.15) is 0 Å². The molecule has 5 heteroatoms. The molecule has 0 heterocycles.